The Morgan fingerprint density at radius 2 is 2.05 bits per heavy atom. The fourth-order valence-electron chi connectivity index (χ4n) is 2.17. The van der Waals surface area contributed by atoms with Gasteiger partial charge in [-0.3, -0.25) is 4.79 Å². The lowest BCUT2D eigenvalue weighted by molar-refractivity contribution is -0.120. The predicted molar refractivity (Wildman–Crippen MR) is 78.4 cm³/mol. The van der Waals surface area contributed by atoms with Crippen molar-refractivity contribution in [3.05, 3.63) is 18.2 Å². The molecule has 5 nitrogen and oxygen atoms in total. The summed E-state index contributed by atoms with van der Waals surface area (Å²) in [6.45, 7) is 5.53. The molecule has 110 valence electrons. The normalized spacial score (nSPS) is 14.5. The first-order valence-corrected chi connectivity index (χ1v) is 7.12. The number of nitrogens with one attached hydrogen (secondary N) is 2. The monoisotopic (exact) mass is 278 g/mol. The molecule has 1 aliphatic heterocycles. The molecular weight excluding hydrogens is 256 g/mol. The van der Waals surface area contributed by atoms with Crippen molar-refractivity contribution >= 4 is 11.6 Å². The van der Waals surface area contributed by atoms with Crippen molar-refractivity contribution in [2.24, 2.45) is 0 Å². The Morgan fingerprint density at radius 1 is 1.30 bits per heavy atom. The fraction of sp³-hybridized carbons (Fsp3) is 0.533. The van der Waals surface area contributed by atoms with Crippen LogP contribution in [0.15, 0.2) is 18.2 Å². The fourth-order valence-corrected chi connectivity index (χ4v) is 2.17. The first-order chi connectivity index (χ1) is 9.69. The van der Waals surface area contributed by atoms with Crippen LogP contribution in [0, 0.1) is 0 Å². The van der Waals surface area contributed by atoms with Gasteiger partial charge in [0.05, 0.1) is 6.54 Å². The molecule has 20 heavy (non-hydrogen) atoms. The maximum atomic E-state index is 11.8. The van der Waals surface area contributed by atoms with E-state index in [1.807, 2.05) is 25.1 Å². The Balaban J connectivity index is 1.83. The van der Waals surface area contributed by atoms with Crippen LogP contribution in [-0.4, -0.2) is 31.7 Å². The summed E-state index contributed by atoms with van der Waals surface area (Å²) in [6.07, 6.45) is 2.06. The molecule has 1 unspecified atom stereocenters. The summed E-state index contributed by atoms with van der Waals surface area (Å²) in [4.78, 5) is 11.8. The van der Waals surface area contributed by atoms with Crippen LogP contribution in [0.1, 0.15) is 26.7 Å². The van der Waals surface area contributed by atoms with Crippen molar-refractivity contribution < 1.29 is 14.3 Å². The molecule has 1 aromatic rings. The van der Waals surface area contributed by atoms with Gasteiger partial charge < -0.3 is 20.1 Å². The van der Waals surface area contributed by atoms with Crippen LogP contribution < -0.4 is 20.1 Å². The van der Waals surface area contributed by atoms with E-state index in [1.165, 1.54) is 0 Å². The number of fused-ring (bicyclic) bond motifs is 1. The Kier molecular flexibility index (Phi) is 5.09. The predicted octanol–water partition coefficient (Wildman–Crippen LogP) is 2.17. The molecule has 1 aromatic carbocycles. The maximum Gasteiger partial charge on any atom is 0.239 e. The van der Waals surface area contributed by atoms with Gasteiger partial charge in [0.15, 0.2) is 11.5 Å². The van der Waals surface area contributed by atoms with Crippen LogP contribution in [0.4, 0.5) is 5.69 Å². The lowest BCUT2D eigenvalue weighted by atomic mass is 10.2. The van der Waals surface area contributed by atoms with Crippen LogP contribution >= 0.6 is 0 Å². The molecule has 1 atom stereocenters. The lowest BCUT2D eigenvalue weighted by Gasteiger charge is -2.19. The van der Waals surface area contributed by atoms with E-state index in [-0.39, 0.29) is 18.5 Å². The molecule has 0 bridgehead atoms. The minimum atomic E-state index is 0.000777. The second-order valence-electron chi connectivity index (χ2n) is 4.97. The molecule has 2 N–H and O–H groups in total. The number of hydrogen-bond donors (Lipinski definition) is 2. The highest BCUT2D eigenvalue weighted by Gasteiger charge is 2.12. The van der Waals surface area contributed by atoms with Gasteiger partial charge in [0, 0.05) is 17.8 Å². The maximum absolute atomic E-state index is 11.8. The molecule has 0 saturated carbocycles. The van der Waals surface area contributed by atoms with E-state index in [9.17, 15) is 4.79 Å². The Bertz CT molecular complexity index is 462. The molecule has 0 aliphatic carbocycles. The molecule has 0 spiro atoms. The van der Waals surface area contributed by atoms with Gasteiger partial charge in [-0.25, -0.2) is 0 Å². The molecule has 0 saturated heterocycles. The van der Waals surface area contributed by atoms with Gasteiger partial charge in [-0.15, -0.1) is 0 Å². The molecular formula is C15H22N2O3. The van der Waals surface area contributed by atoms with Crippen molar-refractivity contribution in [2.45, 2.75) is 32.7 Å². The first-order valence-electron chi connectivity index (χ1n) is 7.12. The molecule has 1 heterocycles. The highest BCUT2D eigenvalue weighted by molar-refractivity contribution is 5.81. The Labute approximate surface area is 119 Å². The Hall–Kier alpha value is -1.91. The number of hydrogen-bond acceptors (Lipinski definition) is 4. The quantitative estimate of drug-likeness (QED) is 0.837. The van der Waals surface area contributed by atoms with Gasteiger partial charge in [-0.2, -0.15) is 0 Å². The van der Waals surface area contributed by atoms with E-state index in [0.717, 1.165) is 30.0 Å². The average molecular weight is 278 g/mol. The van der Waals surface area contributed by atoms with Gasteiger partial charge in [-0.1, -0.05) is 13.3 Å². The zero-order valence-electron chi connectivity index (χ0n) is 12.1. The minimum absolute atomic E-state index is 0.000777. The number of carbonyl (C=O) groups is 1. The van der Waals surface area contributed by atoms with Crippen molar-refractivity contribution in [2.75, 3.05) is 25.1 Å². The zero-order chi connectivity index (χ0) is 14.4. The highest BCUT2D eigenvalue weighted by Crippen LogP contribution is 2.32. The molecule has 0 radical (unpaired) electrons. The third kappa shape index (κ3) is 4.05. The van der Waals surface area contributed by atoms with E-state index in [0.29, 0.717) is 13.2 Å². The van der Waals surface area contributed by atoms with Crippen LogP contribution in [0.5, 0.6) is 11.5 Å². The van der Waals surface area contributed by atoms with Gasteiger partial charge in [0.1, 0.15) is 13.2 Å². The SMILES string of the molecule is CCCC(C)NC(=O)CNc1ccc2c(c1)OCCO2. The minimum Gasteiger partial charge on any atom is -0.486 e. The third-order valence-electron chi connectivity index (χ3n) is 3.12. The van der Waals surface area contributed by atoms with Gasteiger partial charge in [0.25, 0.3) is 0 Å². The molecule has 0 fully saturated rings. The van der Waals surface area contributed by atoms with Crippen LogP contribution in [-0.2, 0) is 4.79 Å². The summed E-state index contributed by atoms with van der Waals surface area (Å²) in [5.41, 5.74) is 0.854. The Morgan fingerprint density at radius 3 is 2.80 bits per heavy atom. The summed E-state index contributed by atoms with van der Waals surface area (Å²) in [6, 6.07) is 5.82. The number of carbonyl (C=O) groups excluding carboxylic acids is 1. The molecule has 0 aromatic heterocycles. The van der Waals surface area contributed by atoms with E-state index in [4.69, 9.17) is 9.47 Å². The standard InChI is InChI=1S/C15H22N2O3/c1-3-4-11(2)17-15(18)10-16-12-5-6-13-14(9-12)20-8-7-19-13/h5-6,9,11,16H,3-4,7-8,10H2,1-2H3,(H,17,18). The number of benzene rings is 1. The topological polar surface area (TPSA) is 59.6 Å². The molecule has 2 rings (SSSR count). The largest absolute Gasteiger partial charge is 0.486 e. The van der Waals surface area contributed by atoms with Crippen LogP contribution in [0.25, 0.3) is 0 Å². The van der Waals surface area contributed by atoms with Crippen molar-refractivity contribution in [3.63, 3.8) is 0 Å². The van der Waals surface area contributed by atoms with Crippen molar-refractivity contribution in [1.82, 2.24) is 5.32 Å². The van der Waals surface area contributed by atoms with Crippen LogP contribution in [0.3, 0.4) is 0 Å². The lowest BCUT2D eigenvalue weighted by Crippen LogP contribution is -2.36. The first kappa shape index (κ1) is 14.5. The number of rotatable bonds is 6. The van der Waals surface area contributed by atoms with Crippen molar-refractivity contribution in [3.8, 4) is 11.5 Å². The number of amides is 1. The van der Waals surface area contributed by atoms with E-state index in [2.05, 4.69) is 17.6 Å². The highest BCUT2D eigenvalue weighted by atomic mass is 16.6. The summed E-state index contributed by atoms with van der Waals surface area (Å²) < 4.78 is 11.0. The zero-order valence-corrected chi connectivity index (χ0v) is 12.1. The van der Waals surface area contributed by atoms with E-state index >= 15 is 0 Å². The molecule has 5 heteroatoms. The van der Waals surface area contributed by atoms with Gasteiger partial charge in [0.2, 0.25) is 5.91 Å². The third-order valence-corrected chi connectivity index (χ3v) is 3.12. The summed E-state index contributed by atoms with van der Waals surface area (Å²) in [5, 5.41) is 6.05. The second kappa shape index (κ2) is 7.03. The molecule has 1 amide bonds. The van der Waals surface area contributed by atoms with Crippen LogP contribution in [0.2, 0.25) is 0 Å². The summed E-state index contributed by atoms with van der Waals surface area (Å²) in [7, 11) is 0. The number of ether oxygens (including phenoxy) is 2. The van der Waals surface area contributed by atoms with E-state index in [1.54, 1.807) is 0 Å². The van der Waals surface area contributed by atoms with Crippen molar-refractivity contribution in [1.29, 1.82) is 0 Å². The summed E-state index contributed by atoms with van der Waals surface area (Å²) >= 11 is 0. The second-order valence-corrected chi connectivity index (χ2v) is 4.97. The van der Waals surface area contributed by atoms with E-state index < -0.39 is 0 Å². The van der Waals surface area contributed by atoms with Gasteiger partial charge in [-0.05, 0) is 25.5 Å². The van der Waals surface area contributed by atoms with Gasteiger partial charge >= 0.3 is 0 Å². The average Bonchev–Trinajstić information content (AvgIpc) is 2.45. The summed E-state index contributed by atoms with van der Waals surface area (Å²) in [5.74, 6) is 1.48. The number of anilines is 1. The smallest absolute Gasteiger partial charge is 0.239 e. The molecule has 1 aliphatic rings.